The van der Waals surface area contributed by atoms with Gasteiger partial charge in [-0.15, -0.1) is 0 Å². The van der Waals surface area contributed by atoms with Crippen LogP contribution in [0.15, 0.2) is 22.6 Å². The van der Waals surface area contributed by atoms with E-state index in [1.165, 1.54) is 29.4 Å². The van der Waals surface area contributed by atoms with Crippen LogP contribution >= 0.6 is 0 Å². The quantitative estimate of drug-likeness (QED) is 0.821. The van der Waals surface area contributed by atoms with Gasteiger partial charge in [0.1, 0.15) is 0 Å². The van der Waals surface area contributed by atoms with Crippen molar-refractivity contribution >= 4 is 27.1 Å². The summed E-state index contributed by atoms with van der Waals surface area (Å²) in [5.74, 6) is -0.763. The van der Waals surface area contributed by atoms with Gasteiger partial charge in [0.15, 0.2) is 17.2 Å². The van der Waals surface area contributed by atoms with Crippen molar-refractivity contribution in [2.75, 3.05) is 40.3 Å². The highest BCUT2D eigenvalue weighted by atomic mass is 32.2. The van der Waals surface area contributed by atoms with Crippen molar-refractivity contribution in [2.45, 2.75) is 6.92 Å². The Kier molecular flexibility index (Phi) is 4.56. The number of piperazine rings is 1. The minimum atomic E-state index is -3.49. The van der Waals surface area contributed by atoms with Crippen LogP contribution < -0.4 is 0 Å². The number of aryl methyl sites for hydroxylation is 1. The molecule has 0 spiro atoms. The second-order valence-corrected chi connectivity index (χ2v) is 8.30. The Hall–Kier alpha value is -1.97. The van der Waals surface area contributed by atoms with E-state index in [0.29, 0.717) is 10.9 Å². The van der Waals surface area contributed by atoms with Crippen molar-refractivity contribution < 1.29 is 22.0 Å². The number of amides is 1. The normalized spacial score (nSPS) is 16.8. The summed E-state index contributed by atoms with van der Waals surface area (Å²) in [7, 11) is -0.550. The predicted molar refractivity (Wildman–Crippen MR) is 91.0 cm³/mol. The van der Waals surface area contributed by atoms with Crippen molar-refractivity contribution in [3.8, 4) is 0 Å². The van der Waals surface area contributed by atoms with E-state index in [-0.39, 0.29) is 43.4 Å². The zero-order valence-electron chi connectivity index (χ0n) is 14.3. The Morgan fingerprint density at radius 3 is 2.40 bits per heavy atom. The molecule has 1 fully saturated rings. The minimum Gasteiger partial charge on any atom is -0.448 e. The van der Waals surface area contributed by atoms with E-state index in [0.717, 1.165) is 4.31 Å². The molecule has 1 saturated heterocycles. The first-order chi connectivity index (χ1) is 11.7. The summed E-state index contributed by atoms with van der Waals surface area (Å²) >= 11 is 0. The third-order valence-corrected chi connectivity index (χ3v) is 6.36. The second-order valence-electron chi connectivity index (χ2n) is 6.15. The fourth-order valence-electron chi connectivity index (χ4n) is 2.91. The number of rotatable bonds is 3. The summed E-state index contributed by atoms with van der Waals surface area (Å²) in [5, 5.41) is 0.567. The molecule has 1 aliphatic heterocycles. The van der Waals surface area contributed by atoms with Gasteiger partial charge in [0.2, 0.25) is 0 Å². The first-order valence-corrected chi connectivity index (χ1v) is 9.27. The lowest BCUT2D eigenvalue weighted by Crippen LogP contribution is -2.53. The smallest absolute Gasteiger partial charge is 0.289 e. The fourth-order valence-corrected chi connectivity index (χ4v) is 4.00. The Labute approximate surface area is 145 Å². The summed E-state index contributed by atoms with van der Waals surface area (Å²) in [4.78, 5) is 14.3. The molecule has 1 aliphatic rings. The molecule has 1 aromatic heterocycles. The van der Waals surface area contributed by atoms with Crippen molar-refractivity contribution in [3.63, 3.8) is 0 Å². The Balaban J connectivity index is 1.80. The molecule has 9 heteroatoms. The molecule has 25 heavy (non-hydrogen) atoms. The highest BCUT2D eigenvalue weighted by Crippen LogP contribution is 2.28. The van der Waals surface area contributed by atoms with Crippen LogP contribution in [0.1, 0.15) is 16.1 Å². The molecule has 0 N–H and O–H groups in total. The molecule has 1 aromatic carbocycles. The van der Waals surface area contributed by atoms with E-state index < -0.39 is 16.0 Å². The number of hydrogen-bond donors (Lipinski definition) is 0. The number of carbonyl (C=O) groups excluding carboxylic acids is 1. The molecule has 2 heterocycles. The van der Waals surface area contributed by atoms with Crippen LogP contribution in [0, 0.1) is 12.7 Å². The largest absolute Gasteiger partial charge is 0.448 e. The SMILES string of the molecule is Cc1c(C(=O)N2CCN(S(=O)(=O)N(C)C)CC2)oc2c(F)cccc12. The average Bonchev–Trinajstić information content (AvgIpc) is 2.93. The van der Waals surface area contributed by atoms with E-state index in [2.05, 4.69) is 0 Å². The zero-order valence-corrected chi connectivity index (χ0v) is 15.1. The van der Waals surface area contributed by atoms with Gasteiger partial charge in [-0.05, 0) is 13.0 Å². The number of carbonyl (C=O) groups is 1. The first-order valence-electron chi connectivity index (χ1n) is 7.88. The van der Waals surface area contributed by atoms with E-state index in [4.69, 9.17) is 4.42 Å². The number of fused-ring (bicyclic) bond motifs is 1. The molecule has 0 aliphatic carbocycles. The maximum Gasteiger partial charge on any atom is 0.289 e. The summed E-state index contributed by atoms with van der Waals surface area (Å²) < 4.78 is 46.1. The fraction of sp³-hybridized carbons (Fsp3) is 0.438. The molecular formula is C16H20FN3O4S. The Morgan fingerprint density at radius 2 is 1.84 bits per heavy atom. The number of nitrogens with zero attached hydrogens (tertiary/aromatic N) is 3. The molecule has 0 saturated carbocycles. The molecule has 0 unspecified atom stereocenters. The minimum absolute atomic E-state index is 0.0668. The summed E-state index contributed by atoms with van der Waals surface area (Å²) in [6.45, 7) is 2.64. The number of hydrogen-bond acceptors (Lipinski definition) is 4. The standard InChI is InChI=1S/C16H20FN3O4S/c1-11-12-5-4-6-13(17)15(12)24-14(11)16(21)19-7-9-20(10-8-19)25(22,23)18(2)3/h4-6H,7-10H2,1-3H3. The van der Waals surface area contributed by atoms with Crippen molar-refractivity contribution in [3.05, 3.63) is 35.3 Å². The van der Waals surface area contributed by atoms with Gasteiger partial charge in [-0.2, -0.15) is 17.0 Å². The van der Waals surface area contributed by atoms with Gasteiger partial charge >= 0.3 is 0 Å². The predicted octanol–water partition coefficient (Wildman–Crippen LogP) is 1.44. The van der Waals surface area contributed by atoms with E-state index in [1.54, 1.807) is 19.1 Å². The van der Waals surface area contributed by atoms with Crippen LogP contribution in [0.3, 0.4) is 0 Å². The van der Waals surface area contributed by atoms with Crippen LogP contribution in [0.5, 0.6) is 0 Å². The molecule has 136 valence electrons. The lowest BCUT2D eigenvalue weighted by atomic mass is 10.1. The Morgan fingerprint density at radius 1 is 1.20 bits per heavy atom. The molecule has 0 bridgehead atoms. The molecule has 1 amide bonds. The first kappa shape index (κ1) is 17.8. The van der Waals surface area contributed by atoms with Gasteiger partial charge in [0.25, 0.3) is 16.1 Å². The number of benzene rings is 1. The monoisotopic (exact) mass is 369 g/mol. The summed E-state index contributed by atoms with van der Waals surface area (Å²) in [6, 6.07) is 4.55. The molecule has 7 nitrogen and oxygen atoms in total. The maximum atomic E-state index is 13.8. The molecule has 3 rings (SSSR count). The van der Waals surface area contributed by atoms with Gasteiger partial charge in [0, 0.05) is 51.2 Å². The molecule has 0 atom stereocenters. The van der Waals surface area contributed by atoms with E-state index in [1.807, 2.05) is 0 Å². The molecular weight excluding hydrogens is 349 g/mol. The van der Waals surface area contributed by atoms with Crippen molar-refractivity contribution in [1.29, 1.82) is 0 Å². The number of furan rings is 1. The average molecular weight is 369 g/mol. The van der Waals surface area contributed by atoms with Crippen LogP contribution in [0.2, 0.25) is 0 Å². The van der Waals surface area contributed by atoms with Crippen LogP contribution in [0.25, 0.3) is 11.0 Å². The van der Waals surface area contributed by atoms with Crippen LogP contribution in [0.4, 0.5) is 4.39 Å². The third-order valence-electron chi connectivity index (χ3n) is 4.42. The highest BCUT2D eigenvalue weighted by Gasteiger charge is 2.32. The van der Waals surface area contributed by atoms with Gasteiger partial charge in [-0.25, -0.2) is 4.39 Å². The van der Waals surface area contributed by atoms with E-state index >= 15 is 0 Å². The number of halogens is 1. The second kappa shape index (κ2) is 6.40. The lowest BCUT2D eigenvalue weighted by molar-refractivity contribution is 0.0664. The summed E-state index contributed by atoms with van der Waals surface area (Å²) in [6.07, 6.45) is 0. The lowest BCUT2D eigenvalue weighted by Gasteiger charge is -2.34. The summed E-state index contributed by atoms with van der Waals surface area (Å²) in [5.41, 5.74) is 0.653. The zero-order chi connectivity index (χ0) is 18.4. The molecule has 0 radical (unpaired) electrons. The Bertz CT molecular complexity index is 915. The van der Waals surface area contributed by atoms with Gasteiger partial charge in [-0.1, -0.05) is 12.1 Å². The van der Waals surface area contributed by atoms with Crippen LogP contribution in [-0.4, -0.2) is 68.1 Å². The van der Waals surface area contributed by atoms with Gasteiger partial charge < -0.3 is 9.32 Å². The number of para-hydroxylation sites is 1. The van der Waals surface area contributed by atoms with Crippen molar-refractivity contribution in [1.82, 2.24) is 13.5 Å². The van der Waals surface area contributed by atoms with Gasteiger partial charge in [-0.3, -0.25) is 4.79 Å². The van der Waals surface area contributed by atoms with E-state index in [9.17, 15) is 17.6 Å². The third kappa shape index (κ3) is 3.03. The van der Waals surface area contributed by atoms with Crippen LogP contribution in [-0.2, 0) is 10.2 Å². The van der Waals surface area contributed by atoms with Crippen molar-refractivity contribution in [2.24, 2.45) is 0 Å². The highest BCUT2D eigenvalue weighted by molar-refractivity contribution is 7.86. The topological polar surface area (TPSA) is 74.1 Å². The van der Waals surface area contributed by atoms with Gasteiger partial charge in [0.05, 0.1) is 0 Å². The maximum absolute atomic E-state index is 13.8. The molecule has 2 aromatic rings.